The van der Waals surface area contributed by atoms with Crippen LogP contribution in [-0.2, 0) is 14.6 Å². The molecule has 1 amide bonds. The zero-order chi connectivity index (χ0) is 17.2. The first-order valence-corrected chi connectivity index (χ1v) is 8.91. The summed E-state index contributed by atoms with van der Waals surface area (Å²) in [6.45, 7) is 1.40. The highest BCUT2D eigenvalue weighted by Crippen LogP contribution is 2.31. The summed E-state index contributed by atoms with van der Waals surface area (Å²) in [5, 5.41) is 2.48. The number of Topliss-reactive ketones (excluding diaryl/α,β-unsaturated/α-hetero) is 1. The summed E-state index contributed by atoms with van der Waals surface area (Å²) in [6.07, 6.45) is 2.05. The minimum absolute atomic E-state index is 0. The summed E-state index contributed by atoms with van der Waals surface area (Å²) in [7, 11) is -3.98. The van der Waals surface area contributed by atoms with Crippen LogP contribution in [0.3, 0.4) is 0 Å². The molecule has 1 aliphatic rings. The van der Waals surface area contributed by atoms with Gasteiger partial charge in [-0.15, -0.1) is 12.4 Å². The maximum Gasteiger partial charge on any atom is 0.235 e. The molecule has 1 aromatic carbocycles. The molecule has 9 heteroatoms. The Morgan fingerprint density at radius 1 is 1.38 bits per heavy atom. The van der Waals surface area contributed by atoms with Gasteiger partial charge in [-0.2, -0.15) is 0 Å². The van der Waals surface area contributed by atoms with Crippen LogP contribution in [0.2, 0.25) is 0 Å². The first kappa shape index (κ1) is 20.5. The maximum atomic E-state index is 13.7. The van der Waals surface area contributed by atoms with Gasteiger partial charge in [0.25, 0.3) is 0 Å². The summed E-state index contributed by atoms with van der Waals surface area (Å²) in [5.74, 6) is -2.51. The highest BCUT2D eigenvalue weighted by Gasteiger charge is 2.29. The topological polar surface area (TPSA) is 106 Å². The van der Waals surface area contributed by atoms with Crippen LogP contribution >= 0.6 is 12.4 Å². The number of halogens is 2. The number of hydrogen-bond donors (Lipinski definition) is 2. The van der Waals surface area contributed by atoms with E-state index in [1.54, 1.807) is 0 Å². The number of benzene rings is 1. The van der Waals surface area contributed by atoms with E-state index in [-0.39, 0.29) is 35.5 Å². The highest BCUT2D eigenvalue weighted by atomic mass is 35.5. The number of carbonyl (C=O) groups is 2. The van der Waals surface area contributed by atoms with Crippen LogP contribution < -0.4 is 11.1 Å². The molecule has 0 saturated heterocycles. The van der Waals surface area contributed by atoms with Crippen molar-refractivity contribution >= 4 is 33.9 Å². The molecule has 0 bridgehead atoms. The van der Waals surface area contributed by atoms with Crippen molar-refractivity contribution < 1.29 is 22.4 Å². The van der Waals surface area contributed by atoms with E-state index in [2.05, 4.69) is 5.32 Å². The quantitative estimate of drug-likeness (QED) is 0.690. The molecule has 24 heavy (non-hydrogen) atoms. The van der Waals surface area contributed by atoms with Gasteiger partial charge in [0.1, 0.15) is 11.6 Å². The molecule has 1 aromatic rings. The smallest absolute Gasteiger partial charge is 0.235 e. The average molecular weight is 379 g/mol. The summed E-state index contributed by atoms with van der Waals surface area (Å²) in [6, 6.07) is 2.81. The lowest BCUT2D eigenvalue weighted by molar-refractivity contribution is -0.118. The first-order chi connectivity index (χ1) is 10.7. The molecule has 1 aliphatic carbocycles. The van der Waals surface area contributed by atoms with Crippen LogP contribution in [-0.4, -0.2) is 38.4 Å². The Kier molecular flexibility index (Phi) is 6.88. The summed E-state index contributed by atoms with van der Waals surface area (Å²) < 4.78 is 38.0. The van der Waals surface area contributed by atoms with Gasteiger partial charge in [-0.1, -0.05) is 0 Å². The molecule has 1 unspecified atom stereocenters. The molecule has 1 saturated carbocycles. The fourth-order valence-corrected chi connectivity index (χ4v) is 3.38. The average Bonchev–Trinajstić information content (AvgIpc) is 3.28. The Balaban J connectivity index is 0.00000288. The Morgan fingerprint density at radius 2 is 2.00 bits per heavy atom. The second kappa shape index (κ2) is 8.04. The van der Waals surface area contributed by atoms with E-state index in [9.17, 15) is 22.4 Å². The van der Waals surface area contributed by atoms with Crippen molar-refractivity contribution in [3.63, 3.8) is 0 Å². The van der Waals surface area contributed by atoms with Crippen molar-refractivity contribution in [2.24, 2.45) is 11.7 Å². The van der Waals surface area contributed by atoms with Crippen LogP contribution in [0.5, 0.6) is 0 Å². The number of hydrogen-bond acceptors (Lipinski definition) is 5. The van der Waals surface area contributed by atoms with E-state index in [1.807, 2.05) is 0 Å². The second-order valence-electron chi connectivity index (χ2n) is 5.76. The van der Waals surface area contributed by atoms with E-state index in [1.165, 1.54) is 6.92 Å². The van der Waals surface area contributed by atoms with Crippen LogP contribution in [0.15, 0.2) is 23.1 Å². The van der Waals surface area contributed by atoms with Gasteiger partial charge >= 0.3 is 0 Å². The number of ketones is 1. The lowest BCUT2D eigenvalue weighted by atomic mass is 10.1. The van der Waals surface area contributed by atoms with Crippen molar-refractivity contribution in [1.29, 1.82) is 0 Å². The van der Waals surface area contributed by atoms with Gasteiger partial charge in [0, 0.05) is 12.6 Å². The van der Waals surface area contributed by atoms with Gasteiger partial charge < -0.3 is 11.1 Å². The molecular weight excluding hydrogens is 359 g/mol. The van der Waals surface area contributed by atoms with E-state index < -0.39 is 33.1 Å². The molecule has 0 radical (unpaired) electrons. The van der Waals surface area contributed by atoms with E-state index in [4.69, 9.17) is 5.73 Å². The van der Waals surface area contributed by atoms with Gasteiger partial charge in [-0.05, 0) is 43.9 Å². The SMILES string of the molecule is CC(=O)c1ccc(S(=O)(=O)CC(=O)NCC(N)C2CC2)cc1F.Cl. The maximum absolute atomic E-state index is 13.7. The summed E-state index contributed by atoms with van der Waals surface area (Å²) in [4.78, 5) is 22.6. The van der Waals surface area contributed by atoms with Gasteiger partial charge in [0.2, 0.25) is 5.91 Å². The Bertz CT molecular complexity index is 735. The molecule has 0 spiro atoms. The Hall–Kier alpha value is -1.51. The predicted molar refractivity (Wildman–Crippen MR) is 89.4 cm³/mol. The van der Waals surface area contributed by atoms with Crippen molar-refractivity contribution in [3.8, 4) is 0 Å². The van der Waals surface area contributed by atoms with Gasteiger partial charge in [0.15, 0.2) is 15.6 Å². The van der Waals surface area contributed by atoms with E-state index in [0.29, 0.717) is 5.92 Å². The molecule has 3 N–H and O–H groups in total. The summed E-state index contributed by atoms with van der Waals surface area (Å²) >= 11 is 0. The monoisotopic (exact) mass is 378 g/mol. The predicted octanol–water partition coefficient (Wildman–Crippen LogP) is 1.08. The number of nitrogens with two attached hydrogens (primary N) is 1. The molecule has 0 heterocycles. The van der Waals surface area contributed by atoms with Gasteiger partial charge in [-0.3, -0.25) is 9.59 Å². The number of amides is 1. The molecule has 0 aliphatic heterocycles. The fraction of sp³-hybridized carbons (Fsp3) is 0.467. The first-order valence-electron chi connectivity index (χ1n) is 7.26. The molecule has 6 nitrogen and oxygen atoms in total. The van der Waals surface area contributed by atoms with Crippen molar-refractivity contribution in [2.75, 3.05) is 12.3 Å². The van der Waals surface area contributed by atoms with Crippen LogP contribution in [0, 0.1) is 11.7 Å². The third-order valence-electron chi connectivity index (χ3n) is 3.76. The normalized spacial score (nSPS) is 15.3. The number of nitrogens with one attached hydrogen (secondary N) is 1. The lowest BCUT2D eigenvalue weighted by Gasteiger charge is -2.12. The highest BCUT2D eigenvalue weighted by molar-refractivity contribution is 7.92. The Labute approximate surface area is 146 Å². The third kappa shape index (κ3) is 5.25. The molecule has 1 fully saturated rings. The van der Waals surface area contributed by atoms with Crippen molar-refractivity contribution in [2.45, 2.75) is 30.7 Å². The number of rotatable bonds is 7. The number of sulfone groups is 1. The molecular formula is C15H20ClFN2O4S. The van der Waals surface area contributed by atoms with Gasteiger partial charge in [0.05, 0.1) is 10.5 Å². The van der Waals surface area contributed by atoms with Gasteiger partial charge in [-0.25, -0.2) is 12.8 Å². The molecule has 0 aromatic heterocycles. The van der Waals surface area contributed by atoms with Crippen LogP contribution in [0.1, 0.15) is 30.1 Å². The van der Waals surface area contributed by atoms with Crippen molar-refractivity contribution in [1.82, 2.24) is 5.32 Å². The summed E-state index contributed by atoms with van der Waals surface area (Å²) in [5.41, 5.74) is 5.63. The number of carbonyl (C=O) groups excluding carboxylic acids is 2. The molecule has 1 atom stereocenters. The Morgan fingerprint density at radius 3 is 2.50 bits per heavy atom. The van der Waals surface area contributed by atoms with Crippen LogP contribution in [0.25, 0.3) is 0 Å². The standard InChI is InChI=1S/C15H19FN2O4S.ClH/c1-9(19)12-5-4-11(6-13(12)16)23(21,22)8-15(20)18-7-14(17)10-2-3-10;/h4-6,10,14H,2-3,7-8,17H2,1H3,(H,18,20);1H. The zero-order valence-corrected chi connectivity index (χ0v) is 14.8. The minimum Gasteiger partial charge on any atom is -0.354 e. The van der Waals surface area contributed by atoms with Crippen LogP contribution in [0.4, 0.5) is 4.39 Å². The molecule has 134 valence electrons. The minimum atomic E-state index is -3.98. The van der Waals surface area contributed by atoms with Crippen molar-refractivity contribution in [3.05, 3.63) is 29.6 Å². The van der Waals surface area contributed by atoms with E-state index in [0.717, 1.165) is 31.0 Å². The lowest BCUT2D eigenvalue weighted by Crippen LogP contribution is -2.40. The fourth-order valence-electron chi connectivity index (χ4n) is 2.20. The van der Waals surface area contributed by atoms with E-state index >= 15 is 0 Å². The second-order valence-corrected chi connectivity index (χ2v) is 7.75. The molecule has 2 rings (SSSR count). The largest absolute Gasteiger partial charge is 0.354 e. The third-order valence-corrected chi connectivity index (χ3v) is 5.38. The zero-order valence-electron chi connectivity index (χ0n) is 13.1.